The lowest BCUT2D eigenvalue weighted by Gasteiger charge is -2.21. The van der Waals surface area contributed by atoms with Gasteiger partial charge in [0.2, 0.25) is 0 Å². The van der Waals surface area contributed by atoms with Gasteiger partial charge in [0.05, 0.1) is 0 Å². The molecule has 1 saturated heterocycles. The maximum Gasteiger partial charge on any atom is 0.191 e. The molecule has 0 radical (unpaired) electrons. The van der Waals surface area contributed by atoms with E-state index in [0.29, 0.717) is 5.96 Å². The number of nitrogens with two attached hydrogens (primary N) is 1. The van der Waals surface area contributed by atoms with Gasteiger partial charge in [-0.05, 0) is 25.0 Å². The molecule has 1 aliphatic heterocycles. The molecule has 2 rings (SSSR count). The van der Waals surface area contributed by atoms with Gasteiger partial charge in [0.15, 0.2) is 5.96 Å². The zero-order valence-corrected chi connectivity index (χ0v) is 10.9. The van der Waals surface area contributed by atoms with E-state index in [1.54, 1.807) is 0 Å². The highest BCUT2D eigenvalue weighted by molar-refractivity contribution is 5.78. The quantitative estimate of drug-likeness (QED) is 0.654. The predicted octanol–water partition coefficient (Wildman–Crippen LogP) is 1.81. The molecule has 2 N–H and O–H groups in total. The van der Waals surface area contributed by atoms with E-state index in [0.717, 1.165) is 31.7 Å². The Morgan fingerprint density at radius 2 is 2.00 bits per heavy atom. The fourth-order valence-electron chi connectivity index (χ4n) is 2.23. The molecule has 0 spiro atoms. The number of hydrogen-bond donors (Lipinski definition) is 1. The smallest absolute Gasteiger partial charge is 0.191 e. The van der Waals surface area contributed by atoms with Gasteiger partial charge in [-0.3, -0.25) is 9.98 Å². The summed E-state index contributed by atoms with van der Waals surface area (Å²) < 4.78 is 0. The summed E-state index contributed by atoms with van der Waals surface area (Å²) in [6.45, 7) is 2.83. The molecule has 0 bridgehead atoms. The number of hydrogen-bond acceptors (Lipinski definition) is 2. The van der Waals surface area contributed by atoms with Crippen molar-refractivity contribution < 1.29 is 0 Å². The van der Waals surface area contributed by atoms with E-state index >= 15 is 0 Å². The first-order chi connectivity index (χ1) is 8.86. The fourth-order valence-corrected chi connectivity index (χ4v) is 2.23. The third kappa shape index (κ3) is 4.02. The van der Waals surface area contributed by atoms with Gasteiger partial charge in [0.25, 0.3) is 0 Å². The van der Waals surface area contributed by atoms with Crippen LogP contribution in [0, 0.1) is 0 Å². The van der Waals surface area contributed by atoms with Gasteiger partial charge in [-0.2, -0.15) is 0 Å². The van der Waals surface area contributed by atoms with Crippen LogP contribution in [0.5, 0.6) is 0 Å². The predicted molar refractivity (Wildman–Crippen MR) is 74.5 cm³/mol. The van der Waals surface area contributed by atoms with Crippen LogP contribution in [0.3, 0.4) is 0 Å². The summed E-state index contributed by atoms with van der Waals surface area (Å²) >= 11 is 0. The van der Waals surface area contributed by atoms with E-state index in [9.17, 15) is 0 Å². The van der Waals surface area contributed by atoms with Crippen LogP contribution in [0.4, 0.5) is 0 Å². The number of nitrogens with zero attached hydrogens (tertiary/aromatic N) is 3. The summed E-state index contributed by atoms with van der Waals surface area (Å²) in [5.41, 5.74) is 7.11. The summed E-state index contributed by atoms with van der Waals surface area (Å²) in [6.07, 6.45) is 7.77. The van der Waals surface area contributed by atoms with Crippen molar-refractivity contribution in [2.45, 2.75) is 32.1 Å². The highest BCUT2D eigenvalue weighted by Crippen LogP contribution is 2.09. The first-order valence-electron chi connectivity index (χ1n) is 6.81. The Morgan fingerprint density at radius 3 is 2.67 bits per heavy atom. The molecule has 2 heterocycles. The van der Waals surface area contributed by atoms with Gasteiger partial charge >= 0.3 is 0 Å². The van der Waals surface area contributed by atoms with Crippen molar-refractivity contribution >= 4 is 5.96 Å². The van der Waals surface area contributed by atoms with Crippen LogP contribution in [0.15, 0.2) is 29.4 Å². The summed E-state index contributed by atoms with van der Waals surface area (Å²) in [4.78, 5) is 11.0. The summed E-state index contributed by atoms with van der Waals surface area (Å²) in [7, 11) is 0. The number of aromatic nitrogens is 1. The van der Waals surface area contributed by atoms with Crippen LogP contribution in [0.1, 0.15) is 31.4 Å². The van der Waals surface area contributed by atoms with E-state index in [2.05, 4.69) is 14.9 Å². The molecule has 0 amide bonds. The molecule has 98 valence electrons. The first-order valence-corrected chi connectivity index (χ1v) is 6.81. The molecule has 1 aromatic heterocycles. The summed E-state index contributed by atoms with van der Waals surface area (Å²) in [5, 5.41) is 0. The Hall–Kier alpha value is -1.58. The van der Waals surface area contributed by atoms with Crippen LogP contribution in [0.2, 0.25) is 0 Å². The molecule has 4 heteroatoms. The number of aliphatic imine (C=N–C) groups is 1. The normalized spacial score (nSPS) is 17.6. The minimum Gasteiger partial charge on any atom is -0.370 e. The maximum absolute atomic E-state index is 6.04. The van der Waals surface area contributed by atoms with E-state index in [1.807, 2.05) is 24.4 Å². The standard InChI is InChI=1S/C14H22N4/c15-14(18-11-5-1-2-6-12-18)17-10-8-13-7-3-4-9-16-13/h3-4,7,9H,1-2,5-6,8,10-12H2,(H2,15,17). The molecule has 1 aliphatic rings. The van der Waals surface area contributed by atoms with Gasteiger partial charge in [-0.25, -0.2) is 0 Å². The van der Waals surface area contributed by atoms with E-state index in [4.69, 9.17) is 5.73 Å². The van der Waals surface area contributed by atoms with Crippen molar-refractivity contribution in [2.75, 3.05) is 19.6 Å². The van der Waals surface area contributed by atoms with Crippen LogP contribution < -0.4 is 5.73 Å². The molecule has 0 aromatic carbocycles. The lowest BCUT2D eigenvalue weighted by atomic mass is 10.2. The van der Waals surface area contributed by atoms with Crippen molar-refractivity contribution in [3.8, 4) is 0 Å². The number of rotatable bonds is 3. The number of guanidine groups is 1. The largest absolute Gasteiger partial charge is 0.370 e. The second kappa shape index (κ2) is 6.99. The van der Waals surface area contributed by atoms with Gasteiger partial charge in [0, 0.05) is 37.9 Å². The number of pyridine rings is 1. The Balaban J connectivity index is 1.81. The van der Waals surface area contributed by atoms with Crippen LogP contribution in [-0.4, -0.2) is 35.5 Å². The van der Waals surface area contributed by atoms with E-state index in [-0.39, 0.29) is 0 Å². The van der Waals surface area contributed by atoms with Crippen molar-refractivity contribution in [1.82, 2.24) is 9.88 Å². The van der Waals surface area contributed by atoms with Crippen LogP contribution >= 0.6 is 0 Å². The zero-order chi connectivity index (χ0) is 12.6. The monoisotopic (exact) mass is 246 g/mol. The summed E-state index contributed by atoms with van der Waals surface area (Å²) in [5.74, 6) is 0.702. The molecular weight excluding hydrogens is 224 g/mol. The molecule has 0 aliphatic carbocycles. The van der Waals surface area contributed by atoms with Gasteiger partial charge in [-0.1, -0.05) is 18.9 Å². The Bertz CT molecular complexity index is 367. The second-order valence-corrected chi connectivity index (χ2v) is 4.71. The lowest BCUT2D eigenvalue weighted by Crippen LogP contribution is -2.38. The molecule has 0 saturated carbocycles. The van der Waals surface area contributed by atoms with E-state index in [1.165, 1.54) is 25.7 Å². The topological polar surface area (TPSA) is 54.5 Å². The van der Waals surface area contributed by atoms with E-state index < -0.39 is 0 Å². The molecule has 4 nitrogen and oxygen atoms in total. The Kier molecular flexibility index (Phi) is 5.00. The molecule has 1 fully saturated rings. The SMILES string of the molecule is NC(=NCCc1ccccn1)N1CCCCCC1. The highest BCUT2D eigenvalue weighted by Gasteiger charge is 2.10. The Labute approximate surface area is 109 Å². The van der Waals surface area contributed by atoms with Crippen LogP contribution in [-0.2, 0) is 6.42 Å². The average Bonchev–Trinajstić information content (AvgIpc) is 2.69. The molecule has 0 atom stereocenters. The molecule has 1 aromatic rings. The zero-order valence-electron chi connectivity index (χ0n) is 10.9. The van der Waals surface area contributed by atoms with Crippen molar-refractivity contribution in [1.29, 1.82) is 0 Å². The Morgan fingerprint density at radius 1 is 1.22 bits per heavy atom. The average molecular weight is 246 g/mol. The minimum absolute atomic E-state index is 0.702. The highest BCUT2D eigenvalue weighted by atomic mass is 15.2. The minimum atomic E-state index is 0.702. The van der Waals surface area contributed by atoms with Gasteiger partial charge in [-0.15, -0.1) is 0 Å². The first kappa shape index (κ1) is 12.9. The maximum atomic E-state index is 6.04. The van der Waals surface area contributed by atoms with Gasteiger partial charge in [0.1, 0.15) is 0 Å². The fraction of sp³-hybridized carbons (Fsp3) is 0.571. The van der Waals surface area contributed by atoms with Crippen molar-refractivity contribution in [3.63, 3.8) is 0 Å². The molecular formula is C14H22N4. The van der Waals surface area contributed by atoms with Gasteiger partial charge < -0.3 is 10.6 Å². The number of likely N-dealkylation sites (tertiary alicyclic amines) is 1. The lowest BCUT2D eigenvalue weighted by molar-refractivity contribution is 0.428. The second-order valence-electron chi connectivity index (χ2n) is 4.71. The summed E-state index contributed by atoms with van der Waals surface area (Å²) in [6, 6.07) is 5.96. The van der Waals surface area contributed by atoms with Crippen molar-refractivity contribution in [3.05, 3.63) is 30.1 Å². The third-order valence-electron chi connectivity index (χ3n) is 3.30. The third-order valence-corrected chi connectivity index (χ3v) is 3.30. The van der Waals surface area contributed by atoms with Crippen molar-refractivity contribution in [2.24, 2.45) is 10.7 Å². The molecule has 0 unspecified atom stereocenters. The molecule has 18 heavy (non-hydrogen) atoms. The van der Waals surface area contributed by atoms with Crippen LogP contribution in [0.25, 0.3) is 0 Å².